The second kappa shape index (κ2) is 13.0. The molecule has 0 aliphatic heterocycles. The Labute approximate surface area is 175 Å². The van der Waals surface area contributed by atoms with E-state index >= 15 is 0 Å². The summed E-state index contributed by atoms with van der Waals surface area (Å²) in [5.41, 5.74) is 1.67. The molecule has 0 amide bonds. The van der Waals surface area contributed by atoms with Crippen LogP contribution >= 0.6 is 23.2 Å². The summed E-state index contributed by atoms with van der Waals surface area (Å²) >= 11 is 11.8. The van der Waals surface area contributed by atoms with Crippen molar-refractivity contribution in [3.8, 4) is 5.75 Å². The molecule has 1 atom stereocenters. The zero-order chi connectivity index (χ0) is 20.4. The molecular weight excluding hydrogens is 405 g/mol. The maximum Gasteiger partial charge on any atom is 0.344 e. The lowest BCUT2D eigenvalue weighted by Crippen LogP contribution is -2.23. The maximum absolute atomic E-state index is 12.1. The van der Waals surface area contributed by atoms with E-state index in [1.807, 2.05) is 6.92 Å². The van der Waals surface area contributed by atoms with Gasteiger partial charge in [-0.05, 0) is 50.5 Å². The number of ether oxygens (including phenoxy) is 2. The van der Waals surface area contributed by atoms with Crippen molar-refractivity contribution in [2.75, 3.05) is 6.61 Å². The summed E-state index contributed by atoms with van der Waals surface area (Å²) in [5.74, 6) is -1.20. The highest BCUT2D eigenvalue weighted by Crippen LogP contribution is 2.27. The Morgan fingerprint density at radius 1 is 1.29 bits per heavy atom. The van der Waals surface area contributed by atoms with Crippen LogP contribution in [0.5, 0.6) is 5.75 Å². The summed E-state index contributed by atoms with van der Waals surface area (Å²) in [5, 5.41) is 9.35. The highest BCUT2D eigenvalue weighted by Gasteiger charge is 2.16. The predicted octanol–water partition coefficient (Wildman–Crippen LogP) is 5.39. The van der Waals surface area contributed by atoms with Crippen LogP contribution in [0.1, 0.15) is 26.7 Å². The maximum atomic E-state index is 12.1. The van der Waals surface area contributed by atoms with Gasteiger partial charge >= 0.3 is 11.9 Å². The molecule has 1 unspecified atom stereocenters. The van der Waals surface area contributed by atoms with Gasteiger partial charge in [0.05, 0.1) is 5.02 Å². The number of carbonyl (C=O) groups is 2. The zero-order valence-electron chi connectivity index (χ0n) is 15.9. The van der Waals surface area contributed by atoms with Crippen molar-refractivity contribution in [1.29, 1.82) is 0 Å². The molecule has 0 saturated heterocycles. The Balaban J connectivity index is 0.00000729. The molecule has 28 heavy (non-hydrogen) atoms. The van der Waals surface area contributed by atoms with Gasteiger partial charge in [-0.25, -0.2) is 9.59 Å². The molecule has 1 aromatic rings. The van der Waals surface area contributed by atoms with Crippen LogP contribution in [0.2, 0.25) is 10.0 Å². The Kier molecular flexibility index (Phi) is 11.9. The van der Waals surface area contributed by atoms with Crippen molar-refractivity contribution in [1.82, 2.24) is 6.15 Å². The second-order valence-corrected chi connectivity index (χ2v) is 6.78. The van der Waals surface area contributed by atoms with Gasteiger partial charge in [-0.15, -0.1) is 0 Å². The van der Waals surface area contributed by atoms with Crippen molar-refractivity contribution in [2.45, 2.75) is 32.8 Å². The van der Waals surface area contributed by atoms with Crippen molar-refractivity contribution in [3.05, 3.63) is 64.2 Å². The Bertz CT molecular complexity index is 759. The average molecular weight is 430 g/mol. The molecule has 1 aromatic carbocycles. The first-order valence-corrected chi connectivity index (χ1v) is 8.94. The van der Waals surface area contributed by atoms with E-state index in [0.29, 0.717) is 34.2 Å². The van der Waals surface area contributed by atoms with Crippen LogP contribution in [0.4, 0.5) is 0 Å². The Hall–Kier alpha value is -2.28. The monoisotopic (exact) mass is 429 g/mol. The van der Waals surface area contributed by atoms with Crippen molar-refractivity contribution in [2.24, 2.45) is 0 Å². The van der Waals surface area contributed by atoms with E-state index < -0.39 is 18.0 Å². The largest absolute Gasteiger partial charge is 0.480 e. The molecule has 0 spiro atoms. The van der Waals surface area contributed by atoms with Gasteiger partial charge < -0.3 is 20.7 Å². The van der Waals surface area contributed by atoms with Crippen LogP contribution in [0.25, 0.3) is 0 Å². The standard InChI is InChI=1S/C20H22Cl2O5.H3N/c1-13(2)17(9-7-14(3)5-4-6-19(23)24)27-20(25)12-26-18-10-8-15(21)11-16(18)22;/h4-6,8,10-11,17H,1,7,9,12H2,2-3H3,(H,23,24);1H3. The fourth-order valence-electron chi connectivity index (χ4n) is 2.06. The average Bonchev–Trinajstić information content (AvgIpc) is 2.57. The highest BCUT2D eigenvalue weighted by atomic mass is 35.5. The number of esters is 1. The van der Waals surface area contributed by atoms with Crippen LogP contribution in [0.3, 0.4) is 0 Å². The number of carbonyl (C=O) groups excluding carboxylic acids is 1. The predicted molar refractivity (Wildman–Crippen MR) is 111 cm³/mol. The van der Waals surface area contributed by atoms with Crippen LogP contribution in [0.15, 0.2) is 54.2 Å². The number of carboxylic acid groups (broad SMARTS) is 1. The van der Waals surface area contributed by atoms with Crippen molar-refractivity contribution >= 4 is 35.1 Å². The van der Waals surface area contributed by atoms with E-state index in [1.54, 1.807) is 25.1 Å². The van der Waals surface area contributed by atoms with E-state index in [0.717, 1.165) is 11.6 Å². The molecule has 6 nitrogen and oxygen atoms in total. The van der Waals surface area contributed by atoms with Gasteiger partial charge in [0, 0.05) is 11.1 Å². The molecule has 0 fully saturated rings. The van der Waals surface area contributed by atoms with Crippen LogP contribution in [-0.4, -0.2) is 29.8 Å². The van der Waals surface area contributed by atoms with Gasteiger partial charge in [-0.2, -0.15) is 0 Å². The molecule has 0 heterocycles. The molecule has 0 aliphatic rings. The summed E-state index contributed by atoms with van der Waals surface area (Å²) < 4.78 is 10.8. The normalized spacial score (nSPS) is 12.2. The van der Waals surface area contributed by atoms with Crippen molar-refractivity contribution < 1.29 is 24.2 Å². The van der Waals surface area contributed by atoms with E-state index in [2.05, 4.69) is 6.58 Å². The summed E-state index contributed by atoms with van der Waals surface area (Å²) in [6.45, 7) is 7.20. The summed E-state index contributed by atoms with van der Waals surface area (Å²) in [6, 6.07) is 4.71. The number of carboxylic acids is 1. The number of aliphatic carboxylic acids is 1. The Morgan fingerprint density at radius 3 is 2.54 bits per heavy atom. The van der Waals surface area contributed by atoms with Gasteiger partial charge in [0.15, 0.2) is 6.61 Å². The Morgan fingerprint density at radius 2 is 1.96 bits per heavy atom. The lowest BCUT2D eigenvalue weighted by molar-refractivity contribution is -0.150. The van der Waals surface area contributed by atoms with Crippen LogP contribution in [-0.2, 0) is 14.3 Å². The number of halogens is 2. The molecule has 154 valence electrons. The van der Waals surface area contributed by atoms with E-state index in [9.17, 15) is 9.59 Å². The third kappa shape index (κ3) is 10.2. The van der Waals surface area contributed by atoms with Crippen LogP contribution < -0.4 is 10.9 Å². The quantitative estimate of drug-likeness (QED) is 0.223. The SMILES string of the molecule is C=C(C)C(CCC(C)=CC=CC(=O)O)OC(=O)COc1ccc(Cl)cc1Cl.N. The van der Waals surface area contributed by atoms with Gasteiger partial charge in [-0.1, -0.05) is 47.5 Å². The fraction of sp³-hybridized carbons (Fsp3) is 0.300. The van der Waals surface area contributed by atoms with Crippen LogP contribution in [0, 0.1) is 0 Å². The number of hydrogen-bond acceptors (Lipinski definition) is 5. The van der Waals surface area contributed by atoms with E-state index in [-0.39, 0.29) is 12.8 Å². The number of benzene rings is 1. The number of rotatable bonds is 10. The molecular formula is C20H25Cl2NO5. The molecule has 0 aliphatic carbocycles. The number of allylic oxidation sites excluding steroid dienone is 3. The van der Waals surface area contributed by atoms with Gasteiger partial charge in [-0.3, -0.25) is 0 Å². The first-order valence-electron chi connectivity index (χ1n) is 8.18. The molecule has 0 aromatic heterocycles. The zero-order valence-corrected chi connectivity index (χ0v) is 17.4. The van der Waals surface area contributed by atoms with Gasteiger partial charge in [0.1, 0.15) is 11.9 Å². The van der Waals surface area contributed by atoms with E-state index in [4.69, 9.17) is 37.8 Å². The lowest BCUT2D eigenvalue weighted by atomic mass is 10.0. The first-order chi connectivity index (χ1) is 12.7. The topological polar surface area (TPSA) is 108 Å². The van der Waals surface area contributed by atoms with Gasteiger partial charge in [0.25, 0.3) is 0 Å². The summed E-state index contributed by atoms with van der Waals surface area (Å²) in [4.78, 5) is 22.5. The minimum atomic E-state index is -1.01. The lowest BCUT2D eigenvalue weighted by Gasteiger charge is -2.18. The molecule has 8 heteroatoms. The first kappa shape index (κ1) is 25.7. The highest BCUT2D eigenvalue weighted by molar-refractivity contribution is 6.35. The molecule has 4 N–H and O–H groups in total. The fourth-order valence-corrected chi connectivity index (χ4v) is 2.53. The van der Waals surface area contributed by atoms with E-state index in [1.165, 1.54) is 12.1 Å². The minimum absolute atomic E-state index is 0. The third-order valence-electron chi connectivity index (χ3n) is 3.48. The molecule has 1 rings (SSSR count). The number of hydrogen-bond donors (Lipinski definition) is 2. The second-order valence-electron chi connectivity index (χ2n) is 5.94. The smallest absolute Gasteiger partial charge is 0.344 e. The van der Waals surface area contributed by atoms with Crippen molar-refractivity contribution in [3.63, 3.8) is 0 Å². The van der Waals surface area contributed by atoms with Gasteiger partial charge in [0.2, 0.25) is 0 Å². The molecule has 0 radical (unpaired) electrons. The molecule has 0 saturated carbocycles. The third-order valence-corrected chi connectivity index (χ3v) is 4.01. The summed E-state index contributed by atoms with van der Waals surface area (Å²) in [7, 11) is 0. The molecule has 0 bridgehead atoms. The summed E-state index contributed by atoms with van der Waals surface area (Å²) in [6.07, 6.45) is 4.91. The minimum Gasteiger partial charge on any atom is -0.480 e.